The summed E-state index contributed by atoms with van der Waals surface area (Å²) in [5, 5.41) is 0. The van der Waals surface area contributed by atoms with Gasteiger partial charge in [-0.1, -0.05) is 42.5 Å². The number of carbonyl (C=O) groups is 1. The molecule has 2 aromatic carbocycles. The van der Waals surface area contributed by atoms with Crippen LogP contribution in [0.4, 0.5) is 0 Å². The van der Waals surface area contributed by atoms with Crippen molar-refractivity contribution >= 4 is 12.4 Å². The molecule has 2 aromatic rings. The van der Waals surface area contributed by atoms with E-state index in [1.54, 1.807) is 13.2 Å². The predicted molar refractivity (Wildman–Crippen MR) is 78.9 cm³/mol. The summed E-state index contributed by atoms with van der Waals surface area (Å²) >= 11 is 0. The van der Waals surface area contributed by atoms with Crippen LogP contribution < -0.4 is 9.47 Å². The average molecular weight is 268 g/mol. The van der Waals surface area contributed by atoms with E-state index in [2.05, 4.69) is 0 Å². The summed E-state index contributed by atoms with van der Waals surface area (Å²) in [7, 11) is 1.60. The third kappa shape index (κ3) is 3.48. The van der Waals surface area contributed by atoms with Gasteiger partial charge >= 0.3 is 0 Å². The number of rotatable bonds is 6. The Morgan fingerprint density at radius 2 is 1.85 bits per heavy atom. The maximum absolute atomic E-state index is 10.5. The highest BCUT2D eigenvalue weighted by Crippen LogP contribution is 2.32. The van der Waals surface area contributed by atoms with Crippen molar-refractivity contribution in [3.63, 3.8) is 0 Å². The smallest absolute Gasteiger partial charge is 0.168 e. The summed E-state index contributed by atoms with van der Waals surface area (Å²) in [6, 6.07) is 15.5. The molecule has 0 saturated heterocycles. The van der Waals surface area contributed by atoms with E-state index in [0.29, 0.717) is 18.1 Å². The molecule has 2 rings (SSSR count). The fourth-order valence-corrected chi connectivity index (χ4v) is 1.85. The van der Waals surface area contributed by atoms with Crippen LogP contribution in [0.5, 0.6) is 11.5 Å². The summed E-state index contributed by atoms with van der Waals surface area (Å²) in [6.45, 7) is 0.448. The molecule has 3 heteroatoms. The Morgan fingerprint density at radius 1 is 1.05 bits per heavy atom. The number of carbonyl (C=O) groups excluding carboxylic acids is 1. The van der Waals surface area contributed by atoms with Gasteiger partial charge < -0.3 is 9.47 Å². The molecule has 0 radical (unpaired) electrons. The van der Waals surface area contributed by atoms with Gasteiger partial charge in [-0.15, -0.1) is 0 Å². The number of hydrogen-bond acceptors (Lipinski definition) is 3. The molecule has 0 unspecified atom stereocenters. The predicted octanol–water partition coefficient (Wildman–Crippen LogP) is 3.49. The highest BCUT2D eigenvalue weighted by Gasteiger charge is 2.08. The lowest BCUT2D eigenvalue weighted by atomic mass is 10.1. The molecule has 0 aliphatic heterocycles. The first kappa shape index (κ1) is 13.9. The summed E-state index contributed by atoms with van der Waals surface area (Å²) in [5.74, 6) is 1.28. The third-order valence-corrected chi connectivity index (χ3v) is 2.81. The van der Waals surface area contributed by atoms with Crippen LogP contribution in [0.15, 0.2) is 54.6 Å². The van der Waals surface area contributed by atoms with Crippen molar-refractivity contribution in [1.29, 1.82) is 0 Å². The average Bonchev–Trinajstić information content (AvgIpc) is 2.52. The first-order chi connectivity index (χ1) is 9.85. The molecule has 0 bridgehead atoms. The zero-order valence-corrected chi connectivity index (χ0v) is 11.3. The highest BCUT2D eigenvalue weighted by molar-refractivity contribution is 5.76. The van der Waals surface area contributed by atoms with E-state index >= 15 is 0 Å². The maximum Gasteiger partial charge on any atom is 0.168 e. The second-order valence-corrected chi connectivity index (χ2v) is 4.15. The van der Waals surface area contributed by atoms with E-state index in [9.17, 15) is 4.79 Å². The van der Waals surface area contributed by atoms with Gasteiger partial charge in [-0.3, -0.25) is 4.79 Å². The van der Waals surface area contributed by atoms with Gasteiger partial charge in [-0.05, 0) is 23.8 Å². The number of allylic oxidation sites excluding steroid dienone is 1. The van der Waals surface area contributed by atoms with Gasteiger partial charge in [0.2, 0.25) is 0 Å². The Labute approximate surface area is 118 Å². The Morgan fingerprint density at radius 3 is 2.55 bits per heavy atom. The van der Waals surface area contributed by atoms with Gasteiger partial charge in [0, 0.05) is 5.56 Å². The fourth-order valence-electron chi connectivity index (χ4n) is 1.85. The summed E-state index contributed by atoms with van der Waals surface area (Å²) < 4.78 is 11.2. The second-order valence-electron chi connectivity index (χ2n) is 4.15. The van der Waals surface area contributed by atoms with Gasteiger partial charge in [0.1, 0.15) is 12.9 Å². The molecule has 0 spiro atoms. The molecule has 0 aliphatic rings. The van der Waals surface area contributed by atoms with Gasteiger partial charge in [-0.25, -0.2) is 0 Å². The van der Waals surface area contributed by atoms with E-state index in [1.807, 2.05) is 48.5 Å². The largest absolute Gasteiger partial charge is 0.493 e. The first-order valence-electron chi connectivity index (χ1n) is 6.30. The second kappa shape index (κ2) is 7.14. The number of ether oxygens (including phenoxy) is 2. The van der Waals surface area contributed by atoms with Crippen molar-refractivity contribution in [3.8, 4) is 11.5 Å². The van der Waals surface area contributed by atoms with Gasteiger partial charge in [0.15, 0.2) is 11.5 Å². The maximum atomic E-state index is 10.5. The van der Waals surface area contributed by atoms with E-state index in [-0.39, 0.29) is 0 Å². The Balaban J connectivity index is 2.24. The number of para-hydroxylation sites is 1. The highest BCUT2D eigenvalue weighted by atomic mass is 16.5. The standard InChI is InChI=1S/C17H16O3/c1-19-16-11-5-9-15(10-6-12-18)17(16)20-13-14-7-3-2-4-8-14/h2-12H,13H2,1H3/b10-6+. The van der Waals surface area contributed by atoms with Crippen LogP contribution in [0.2, 0.25) is 0 Å². The monoisotopic (exact) mass is 268 g/mol. The summed E-state index contributed by atoms with van der Waals surface area (Å²) in [6.07, 6.45) is 3.88. The van der Waals surface area contributed by atoms with Crippen LogP contribution in [-0.4, -0.2) is 13.4 Å². The number of hydrogen-bond donors (Lipinski definition) is 0. The van der Waals surface area contributed by atoms with E-state index < -0.39 is 0 Å². The Kier molecular flexibility index (Phi) is 4.95. The molecule has 0 N–H and O–H groups in total. The lowest BCUT2D eigenvalue weighted by Gasteiger charge is -2.13. The summed E-state index contributed by atoms with van der Waals surface area (Å²) in [5.41, 5.74) is 1.89. The lowest BCUT2D eigenvalue weighted by Crippen LogP contribution is -1.99. The molecule has 102 valence electrons. The molecule has 0 aliphatic carbocycles. The molecule has 0 amide bonds. The van der Waals surface area contributed by atoms with Crippen LogP contribution in [0.1, 0.15) is 11.1 Å². The Hall–Kier alpha value is -2.55. The molecule has 0 fully saturated rings. The Bertz CT molecular complexity index is 588. The quantitative estimate of drug-likeness (QED) is 0.594. The fraction of sp³-hybridized carbons (Fsp3) is 0.118. The van der Waals surface area contributed by atoms with E-state index in [1.165, 1.54) is 6.08 Å². The van der Waals surface area contributed by atoms with E-state index in [4.69, 9.17) is 9.47 Å². The van der Waals surface area contributed by atoms with Crippen molar-refractivity contribution in [1.82, 2.24) is 0 Å². The molecule has 3 nitrogen and oxygen atoms in total. The lowest BCUT2D eigenvalue weighted by molar-refractivity contribution is -0.104. The van der Waals surface area contributed by atoms with Crippen LogP contribution >= 0.6 is 0 Å². The number of benzene rings is 2. The molecular formula is C17H16O3. The van der Waals surface area contributed by atoms with E-state index in [0.717, 1.165) is 17.4 Å². The molecular weight excluding hydrogens is 252 g/mol. The molecule has 0 heterocycles. The number of methoxy groups -OCH3 is 1. The van der Waals surface area contributed by atoms with Crippen LogP contribution in [0.25, 0.3) is 6.08 Å². The van der Waals surface area contributed by atoms with Crippen molar-refractivity contribution in [3.05, 3.63) is 65.7 Å². The number of aldehydes is 1. The minimum Gasteiger partial charge on any atom is -0.493 e. The zero-order chi connectivity index (χ0) is 14.2. The van der Waals surface area contributed by atoms with Crippen molar-refractivity contribution in [2.24, 2.45) is 0 Å². The van der Waals surface area contributed by atoms with Gasteiger partial charge in [0.25, 0.3) is 0 Å². The molecule has 0 saturated carbocycles. The minimum atomic E-state index is 0.448. The SMILES string of the molecule is COc1cccc(/C=C/C=O)c1OCc1ccccc1. The van der Waals surface area contributed by atoms with Crippen LogP contribution in [-0.2, 0) is 11.4 Å². The normalized spacial score (nSPS) is 10.4. The topological polar surface area (TPSA) is 35.5 Å². The molecule has 0 aromatic heterocycles. The molecule has 20 heavy (non-hydrogen) atoms. The zero-order valence-electron chi connectivity index (χ0n) is 11.3. The first-order valence-corrected chi connectivity index (χ1v) is 6.30. The third-order valence-electron chi connectivity index (χ3n) is 2.81. The van der Waals surface area contributed by atoms with Crippen LogP contribution in [0, 0.1) is 0 Å². The minimum absolute atomic E-state index is 0.448. The molecule has 0 atom stereocenters. The van der Waals surface area contributed by atoms with Crippen molar-refractivity contribution in [2.45, 2.75) is 6.61 Å². The van der Waals surface area contributed by atoms with Gasteiger partial charge in [0.05, 0.1) is 7.11 Å². The van der Waals surface area contributed by atoms with Gasteiger partial charge in [-0.2, -0.15) is 0 Å². The van der Waals surface area contributed by atoms with Crippen molar-refractivity contribution in [2.75, 3.05) is 7.11 Å². The van der Waals surface area contributed by atoms with Crippen molar-refractivity contribution < 1.29 is 14.3 Å². The summed E-state index contributed by atoms with van der Waals surface area (Å²) in [4.78, 5) is 10.5. The van der Waals surface area contributed by atoms with Crippen LogP contribution in [0.3, 0.4) is 0 Å².